The molecule has 0 spiro atoms. The normalized spacial score (nSPS) is 10.1. The van der Waals surface area contributed by atoms with Crippen LogP contribution in [0.4, 0.5) is 5.69 Å². The van der Waals surface area contributed by atoms with Gasteiger partial charge in [0, 0.05) is 23.6 Å². The van der Waals surface area contributed by atoms with Crippen LogP contribution in [-0.2, 0) is 0 Å². The van der Waals surface area contributed by atoms with Gasteiger partial charge in [0.1, 0.15) is 6.07 Å². The van der Waals surface area contributed by atoms with E-state index in [0.717, 1.165) is 5.69 Å². The summed E-state index contributed by atoms with van der Waals surface area (Å²) in [5, 5.41) is 16.0. The molecule has 0 aliphatic carbocycles. The van der Waals surface area contributed by atoms with Gasteiger partial charge in [-0.2, -0.15) is 10.4 Å². The molecule has 1 aromatic heterocycles. The highest BCUT2D eigenvalue weighted by Gasteiger charge is 2.08. The van der Waals surface area contributed by atoms with Crippen molar-refractivity contribution < 1.29 is 4.79 Å². The number of amides is 1. The first-order valence-corrected chi connectivity index (χ1v) is 7.16. The highest BCUT2D eigenvalue weighted by atomic mass is 35.5. The Hall–Kier alpha value is -3.10. The number of rotatable bonds is 3. The van der Waals surface area contributed by atoms with Gasteiger partial charge in [0.15, 0.2) is 0 Å². The van der Waals surface area contributed by atoms with Crippen molar-refractivity contribution in [1.29, 1.82) is 5.26 Å². The first-order chi connectivity index (χ1) is 11.2. The Kier molecular flexibility index (Phi) is 4.09. The number of hydrogen-bond acceptors (Lipinski definition) is 3. The molecule has 23 heavy (non-hydrogen) atoms. The van der Waals surface area contributed by atoms with Crippen molar-refractivity contribution in [3.05, 3.63) is 77.1 Å². The standard InChI is InChI=1S/C17H11ClN4O/c18-16-10-14(5-2-13(16)11-19)21-17(23)12-3-6-15(7-4-12)22-9-1-8-20-22/h1-10H,(H,21,23). The van der Waals surface area contributed by atoms with Crippen LogP contribution in [0.2, 0.25) is 5.02 Å². The van der Waals surface area contributed by atoms with E-state index in [1.807, 2.05) is 30.5 Å². The maximum absolute atomic E-state index is 12.2. The largest absolute Gasteiger partial charge is 0.322 e. The Morgan fingerprint density at radius 2 is 2.00 bits per heavy atom. The molecule has 0 saturated carbocycles. The number of benzene rings is 2. The molecule has 3 aromatic rings. The van der Waals surface area contributed by atoms with Gasteiger partial charge in [-0.3, -0.25) is 4.79 Å². The Balaban J connectivity index is 1.76. The number of nitrogens with one attached hydrogen (secondary N) is 1. The number of carbonyl (C=O) groups is 1. The minimum Gasteiger partial charge on any atom is -0.322 e. The number of aromatic nitrogens is 2. The van der Waals surface area contributed by atoms with Crippen molar-refractivity contribution in [3.63, 3.8) is 0 Å². The number of anilines is 1. The summed E-state index contributed by atoms with van der Waals surface area (Å²) in [4.78, 5) is 12.2. The summed E-state index contributed by atoms with van der Waals surface area (Å²) < 4.78 is 1.71. The average molecular weight is 323 g/mol. The van der Waals surface area contributed by atoms with Gasteiger partial charge < -0.3 is 5.32 Å². The van der Waals surface area contributed by atoms with Crippen LogP contribution < -0.4 is 5.32 Å². The van der Waals surface area contributed by atoms with Crippen molar-refractivity contribution in [2.75, 3.05) is 5.32 Å². The minimum absolute atomic E-state index is 0.252. The quantitative estimate of drug-likeness (QED) is 0.800. The van der Waals surface area contributed by atoms with E-state index in [1.165, 1.54) is 0 Å². The van der Waals surface area contributed by atoms with Crippen LogP contribution in [0, 0.1) is 11.3 Å². The molecular weight excluding hydrogens is 312 g/mol. The highest BCUT2D eigenvalue weighted by Crippen LogP contribution is 2.21. The third kappa shape index (κ3) is 3.23. The molecule has 1 heterocycles. The average Bonchev–Trinajstić information content (AvgIpc) is 3.09. The molecule has 0 bridgehead atoms. The van der Waals surface area contributed by atoms with Gasteiger partial charge in [0.2, 0.25) is 0 Å². The van der Waals surface area contributed by atoms with Crippen molar-refractivity contribution in [1.82, 2.24) is 9.78 Å². The first-order valence-electron chi connectivity index (χ1n) is 6.78. The van der Waals surface area contributed by atoms with Gasteiger partial charge in [-0.1, -0.05) is 11.6 Å². The molecule has 0 radical (unpaired) electrons. The molecule has 1 N–H and O–H groups in total. The predicted octanol–water partition coefficient (Wildman–Crippen LogP) is 3.65. The van der Waals surface area contributed by atoms with Crippen molar-refractivity contribution in [2.24, 2.45) is 0 Å². The van der Waals surface area contributed by atoms with E-state index in [2.05, 4.69) is 10.4 Å². The van der Waals surface area contributed by atoms with Crippen LogP contribution >= 0.6 is 11.6 Å². The summed E-state index contributed by atoms with van der Waals surface area (Å²) in [5.74, 6) is -0.252. The van der Waals surface area contributed by atoms with Gasteiger partial charge in [-0.25, -0.2) is 4.68 Å². The summed E-state index contributed by atoms with van der Waals surface area (Å²) in [6.07, 6.45) is 3.52. The van der Waals surface area contributed by atoms with E-state index in [4.69, 9.17) is 16.9 Å². The van der Waals surface area contributed by atoms with Crippen molar-refractivity contribution in [2.45, 2.75) is 0 Å². The summed E-state index contributed by atoms with van der Waals surface area (Å²) in [6, 6.07) is 15.6. The zero-order valence-electron chi connectivity index (χ0n) is 11.9. The minimum atomic E-state index is -0.252. The topological polar surface area (TPSA) is 70.7 Å². The molecular formula is C17H11ClN4O. The smallest absolute Gasteiger partial charge is 0.255 e. The lowest BCUT2D eigenvalue weighted by Gasteiger charge is -2.07. The van der Waals surface area contributed by atoms with Crippen LogP contribution in [0.3, 0.4) is 0 Å². The fraction of sp³-hybridized carbons (Fsp3) is 0. The molecule has 0 atom stereocenters. The monoisotopic (exact) mass is 322 g/mol. The highest BCUT2D eigenvalue weighted by molar-refractivity contribution is 6.32. The van der Waals surface area contributed by atoms with E-state index in [9.17, 15) is 4.79 Å². The second kappa shape index (κ2) is 6.34. The number of hydrogen-bond donors (Lipinski definition) is 1. The van der Waals surface area contributed by atoms with Gasteiger partial charge in [0.05, 0.1) is 16.3 Å². The van der Waals surface area contributed by atoms with Crippen LogP contribution in [-0.4, -0.2) is 15.7 Å². The van der Waals surface area contributed by atoms with Crippen LogP contribution in [0.15, 0.2) is 60.9 Å². The van der Waals surface area contributed by atoms with E-state index in [-0.39, 0.29) is 5.91 Å². The summed E-state index contributed by atoms with van der Waals surface area (Å²) in [5.41, 5.74) is 2.29. The Morgan fingerprint density at radius 3 is 2.61 bits per heavy atom. The Labute approximate surface area is 137 Å². The molecule has 2 aromatic carbocycles. The molecule has 1 amide bonds. The van der Waals surface area contributed by atoms with Crippen molar-refractivity contribution >= 4 is 23.2 Å². The fourth-order valence-electron chi connectivity index (χ4n) is 2.07. The maximum atomic E-state index is 12.2. The van der Waals surface area contributed by atoms with Gasteiger partial charge in [-0.15, -0.1) is 0 Å². The molecule has 5 nitrogen and oxygen atoms in total. The van der Waals surface area contributed by atoms with Gasteiger partial charge in [-0.05, 0) is 48.5 Å². The molecule has 0 unspecified atom stereocenters. The zero-order chi connectivity index (χ0) is 16.2. The van der Waals surface area contributed by atoms with Gasteiger partial charge >= 0.3 is 0 Å². The zero-order valence-corrected chi connectivity index (χ0v) is 12.7. The molecule has 0 aliphatic rings. The fourth-order valence-corrected chi connectivity index (χ4v) is 2.30. The SMILES string of the molecule is N#Cc1ccc(NC(=O)c2ccc(-n3cccn3)cc2)cc1Cl. The molecule has 0 saturated heterocycles. The van der Waals surface area contributed by atoms with Gasteiger partial charge in [0.25, 0.3) is 5.91 Å². The van der Waals surface area contributed by atoms with E-state index >= 15 is 0 Å². The lowest BCUT2D eigenvalue weighted by Crippen LogP contribution is -2.12. The number of nitrogens with zero attached hydrogens (tertiary/aromatic N) is 3. The molecule has 0 aliphatic heterocycles. The third-order valence-electron chi connectivity index (χ3n) is 3.25. The molecule has 0 fully saturated rings. The Bertz CT molecular complexity index is 880. The van der Waals surface area contributed by atoms with E-state index in [0.29, 0.717) is 21.8 Å². The number of carbonyl (C=O) groups excluding carboxylic acids is 1. The summed E-state index contributed by atoms with van der Waals surface area (Å²) >= 11 is 5.95. The Morgan fingerprint density at radius 1 is 1.22 bits per heavy atom. The summed E-state index contributed by atoms with van der Waals surface area (Å²) in [7, 11) is 0. The van der Waals surface area contributed by atoms with Crippen molar-refractivity contribution in [3.8, 4) is 11.8 Å². The third-order valence-corrected chi connectivity index (χ3v) is 3.56. The second-order valence-corrected chi connectivity index (χ2v) is 5.17. The number of halogens is 1. The van der Waals surface area contributed by atoms with Crippen LogP contribution in [0.25, 0.3) is 5.69 Å². The molecule has 112 valence electrons. The second-order valence-electron chi connectivity index (χ2n) is 4.76. The van der Waals surface area contributed by atoms with Crippen LogP contribution in [0.1, 0.15) is 15.9 Å². The molecule has 3 rings (SSSR count). The van der Waals surface area contributed by atoms with Crippen LogP contribution in [0.5, 0.6) is 0 Å². The molecule has 6 heteroatoms. The number of nitriles is 1. The predicted molar refractivity (Wildman–Crippen MR) is 87.7 cm³/mol. The van der Waals surface area contributed by atoms with E-state index < -0.39 is 0 Å². The first kappa shape index (κ1) is 14.8. The lowest BCUT2D eigenvalue weighted by molar-refractivity contribution is 0.102. The van der Waals surface area contributed by atoms with E-state index in [1.54, 1.807) is 41.2 Å². The maximum Gasteiger partial charge on any atom is 0.255 e. The lowest BCUT2D eigenvalue weighted by atomic mass is 10.1. The summed E-state index contributed by atoms with van der Waals surface area (Å²) in [6.45, 7) is 0.